The van der Waals surface area contributed by atoms with Crippen molar-refractivity contribution < 1.29 is 17.6 Å². The van der Waals surface area contributed by atoms with Crippen molar-refractivity contribution in [3.63, 3.8) is 0 Å². The molecule has 0 bridgehead atoms. The van der Waals surface area contributed by atoms with E-state index in [1.165, 1.54) is 6.07 Å². The highest BCUT2D eigenvalue weighted by Gasteiger charge is 2.30. The normalized spacial score (nSPS) is 12.3. The lowest BCUT2D eigenvalue weighted by Gasteiger charge is -2.07. The van der Waals surface area contributed by atoms with E-state index >= 15 is 0 Å². The molecular formula is C14H11F4N3. The first kappa shape index (κ1) is 15.0. The van der Waals surface area contributed by atoms with Crippen LogP contribution in [0.25, 0.3) is 0 Å². The van der Waals surface area contributed by atoms with Crippen LogP contribution in [0.15, 0.2) is 47.7 Å². The van der Waals surface area contributed by atoms with Gasteiger partial charge in [-0.1, -0.05) is 18.2 Å². The monoisotopic (exact) mass is 297 g/mol. The van der Waals surface area contributed by atoms with Crippen molar-refractivity contribution in [2.75, 3.05) is 5.43 Å². The van der Waals surface area contributed by atoms with Gasteiger partial charge in [0.2, 0.25) is 0 Å². The van der Waals surface area contributed by atoms with Crippen molar-refractivity contribution in [3.05, 3.63) is 59.5 Å². The molecular weight excluding hydrogens is 286 g/mol. The number of benzene rings is 1. The number of anilines is 1. The number of nitrogens with one attached hydrogen (secondary N) is 1. The number of hydrogen-bond donors (Lipinski definition) is 1. The summed E-state index contributed by atoms with van der Waals surface area (Å²) >= 11 is 0. The van der Waals surface area contributed by atoms with Crippen molar-refractivity contribution in [1.82, 2.24) is 4.98 Å². The SMILES string of the molecule is C/C(=N/Nc1ccc(C(F)(F)F)cn1)c1ccccc1F. The van der Waals surface area contributed by atoms with Crippen molar-refractivity contribution >= 4 is 11.5 Å². The number of alkyl halides is 3. The molecule has 0 aliphatic heterocycles. The maximum absolute atomic E-state index is 13.5. The van der Waals surface area contributed by atoms with Gasteiger partial charge in [-0.3, -0.25) is 5.43 Å². The summed E-state index contributed by atoms with van der Waals surface area (Å²) in [5, 5.41) is 3.90. The van der Waals surface area contributed by atoms with Crippen LogP contribution in [0.3, 0.4) is 0 Å². The molecule has 0 aliphatic rings. The second-order valence-corrected chi connectivity index (χ2v) is 4.22. The van der Waals surface area contributed by atoms with Crippen molar-refractivity contribution in [2.45, 2.75) is 13.1 Å². The number of hydrazone groups is 1. The minimum atomic E-state index is -4.43. The second-order valence-electron chi connectivity index (χ2n) is 4.22. The Kier molecular flexibility index (Phi) is 4.21. The van der Waals surface area contributed by atoms with Crippen LogP contribution in [0.5, 0.6) is 0 Å². The lowest BCUT2D eigenvalue weighted by Crippen LogP contribution is -2.06. The Balaban J connectivity index is 2.12. The van der Waals surface area contributed by atoms with E-state index in [9.17, 15) is 17.6 Å². The smallest absolute Gasteiger partial charge is 0.261 e. The summed E-state index contributed by atoms with van der Waals surface area (Å²) in [6, 6.07) is 8.11. The topological polar surface area (TPSA) is 37.3 Å². The Bertz CT molecular complexity index is 648. The highest BCUT2D eigenvalue weighted by molar-refractivity contribution is 5.99. The fraction of sp³-hybridized carbons (Fsp3) is 0.143. The van der Waals surface area contributed by atoms with Crippen LogP contribution in [-0.4, -0.2) is 10.7 Å². The molecule has 0 saturated carbocycles. The second kappa shape index (κ2) is 5.90. The quantitative estimate of drug-likeness (QED) is 0.526. The lowest BCUT2D eigenvalue weighted by atomic mass is 10.1. The van der Waals surface area contributed by atoms with Gasteiger partial charge < -0.3 is 0 Å². The number of pyridine rings is 1. The van der Waals surface area contributed by atoms with Crippen LogP contribution < -0.4 is 5.43 Å². The summed E-state index contributed by atoms with van der Waals surface area (Å²) in [7, 11) is 0. The van der Waals surface area contributed by atoms with Gasteiger partial charge in [0.1, 0.15) is 11.6 Å². The average Bonchev–Trinajstić information content (AvgIpc) is 2.45. The third-order valence-electron chi connectivity index (χ3n) is 2.69. The fourth-order valence-corrected chi connectivity index (χ4v) is 1.58. The van der Waals surface area contributed by atoms with Crippen LogP contribution in [0, 0.1) is 5.82 Å². The van der Waals surface area contributed by atoms with E-state index in [4.69, 9.17) is 0 Å². The number of rotatable bonds is 3. The molecule has 0 spiro atoms. The maximum Gasteiger partial charge on any atom is 0.417 e. The zero-order valence-electron chi connectivity index (χ0n) is 10.9. The summed E-state index contributed by atoms with van der Waals surface area (Å²) in [5.41, 5.74) is 2.31. The molecule has 1 heterocycles. The molecule has 21 heavy (non-hydrogen) atoms. The average molecular weight is 297 g/mol. The Hall–Kier alpha value is -2.44. The number of aromatic nitrogens is 1. The highest BCUT2D eigenvalue weighted by atomic mass is 19.4. The zero-order chi connectivity index (χ0) is 15.5. The van der Waals surface area contributed by atoms with Gasteiger partial charge in [0.25, 0.3) is 0 Å². The van der Waals surface area contributed by atoms with Gasteiger partial charge in [-0.05, 0) is 25.1 Å². The number of hydrogen-bond acceptors (Lipinski definition) is 3. The third kappa shape index (κ3) is 3.77. The molecule has 2 rings (SSSR count). The minimum absolute atomic E-state index is 0.138. The van der Waals surface area contributed by atoms with E-state index < -0.39 is 17.6 Å². The first-order chi connectivity index (χ1) is 9.88. The van der Waals surface area contributed by atoms with Gasteiger partial charge in [-0.15, -0.1) is 0 Å². The predicted molar refractivity (Wildman–Crippen MR) is 71.5 cm³/mol. The molecule has 0 unspecified atom stereocenters. The number of nitrogens with zero attached hydrogens (tertiary/aromatic N) is 2. The van der Waals surface area contributed by atoms with Crippen molar-refractivity contribution in [1.29, 1.82) is 0 Å². The summed E-state index contributed by atoms with van der Waals surface area (Å²) in [4.78, 5) is 3.60. The molecule has 1 aromatic carbocycles. The van der Waals surface area contributed by atoms with Crippen LogP contribution in [-0.2, 0) is 6.18 Å². The molecule has 1 N–H and O–H groups in total. The molecule has 7 heteroatoms. The summed E-state index contributed by atoms with van der Waals surface area (Å²) in [5.74, 6) is -0.292. The minimum Gasteiger partial charge on any atom is -0.261 e. The van der Waals surface area contributed by atoms with Gasteiger partial charge in [-0.2, -0.15) is 18.3 Å². The molecule has 2 aromatic rings. The third-order valence-corrected chi connectivity index (χ3v) is 2.69. The Morgan fingerprint density at radius 2 is 1.86 bits per heavy atom. The maximum atomic E-state index is 13.5. The fourth-order valence-electron chi connectivity index (χ4n) is 1.58. The molecule has 0 radical (unpaired) electrons. The van der Waals surface area contributed by atoms with Gasteiger partial charge >= 0.3 is 6.18 Å². The Morgan fingerprint density at radius 3 is 2.43 bits per heavy atom. The molecule has 0 atom stereocenters. The molecule has 0 fully saturated rings. The summed E-state index contributed by atoms with van der Waals surface area (Å²) in [6.07, 6.45) is -3.73. The van der Waals surface area contributed by atoms with Crippen molar-refractivity contribution in [2.24, 2.45) is 5.10 Å². The van der Waals surface area contributed by atoms with Crippen LogP contribution in [0.1, 0.15) is 18.1 Å². The first-order valence-corrected chi connectivity index (χ1v) is 5.96. The van der Waals surface area contributed by atoms with Gasteiger partial charge in [0, 0.05) is 11.8 Å². The summed E-state index contributed by atoms with van der Waals surface area (Å²) in [6.45, 7) is 1.58. The lowest BCUT2D eigenvalue weighted by molar-refractivity contribution is -0.137. The van der Waals surface area contributed by atoms with Gasteiger partial charge in [0.15, 0.2) is 0 Å². The molecule has 0 amide bonds. The predicted octanol–water partition coefficient (Wildman–Crippen LogP) is 4.08. The molecule has 0 aliphatic carbocycles. The van der Waals surface area contributed by atoms with Gasteiger partial charge in [-0.25, -0.2) is 9.37 Å². The molecule has 1 aromatic heterocycles. The van der Waals surface area contributed by atoms with E-state index in [1.54, 1.807) is 25.1 Å². The van der Waals surface area contributed by atoms with Crippen LogP contribution >= 0.6 is 0 Å². The first-order valence-electron chi connectivity index (χ1n) is 5.96. The zero-order valence-corrected chi connectivity index (χ0v) is 10.9. The molecule has 0 saturated heterocycles. The van der Waals surface area contributed by atoms with Crippen LogP contribution in [0.2, 0.25) is 0 Å². The highest BCUT2D eigenvalue weighted by Crippen LogP contribution is 2.28. The van der Waals surface area contributed by atoms with E-state index in [1.807, 2.05) is 0 Å². The number of halogens is 4. The van der Waals surface area contributed by atoms with Crippen LogP contribution in [0.4, 0.5) is 23.4 Å². The van der Waals surface area contributed by atoms with E-state index in [-0.39, 0.29) is 5.82 Å². The standard InChI is InChI=1S/C14H11F4N3/c1-9(11-4-2-3-5-12(11)15)20-21-13-7-6-10(8-19-13)14(16,17)18/h2-8H,1H3,(H,19,21)/b20-9-. The van der Waals surface area contributed by atoms with E-state index in [0.717, 1.165) is 12.1 Å². The molecule has 3 nitrogen and oxygen atoms in total. The summed E-state index contributed by atoms with van der Waals surface area (Å²) < 4.78 is 50.6. The van der Waals surface area contributed by atoms with E-state index in [2.05, 4.69) is 15.5 Å². The van der Waals surface area contributed by atoms with E-state index in [0.29, 0.717) is 17.5 Å². The molecule has 110 valence electrons. The van der Waals surface area contributed by atoms with Crippen molar-refractivity contribution in [3.8, 4) is 0 Å². The Labute approximate surface area is 118 Å². The largest absolute Gasteiger partial charge is 0.417 e. The van der Waals surface area contributed by atoms with Gasteiger partial charge in [0.05, 0.1) is 11.3 Å². The Morgan fingerprint density at radius 1 is 1.14 bits per heavy atom.